The second kappa shape index (κ2) is 7.87. The third-order valence-corrected chi connectivity index (χ3v) is 5.50. The number of nitrogens with one attached hydrogen (secondary N) is 1. The maximum Gasteiger partial charge on any atom is 0.165 e. The molecule has 4 rings (SSSR count). The molecule has 1 atom stereocenters. The smallest absolute Gasteiger partial charge is 0.165 e. The highest BCUT2D eigenvalue weighted by molar-refractivity contribution is 6.30. The summed E-state index contributed by atoms with van der Waals surface area (Å²) in [7, 11) is 0. The van der Waals surface area contributed by atoms with Crippen LogP contribution in [0.3, 0.4) is 0 Å². The number of halogens is 1. The van der Waals surface area contributed by atoms with Gasteiger partial charge in [0.15, 0.2) is 11.5 Å². The molecule has 0 aromatic heterocycles. The van der Waals surface area contributed by atoms with Crippen LogP contribution in [0, 0.1) is 5.92 Å². The maximum atomic E-state index is 10.5. The van der Waals surface area contributed by atoms with Crippen molar-refractivity contribution in [2.24, 2.45) is 5.92 Å². The molecule has 1 fully saturated rings. The van der Waals surface area contributed by atoms with E-state index in [-0.39, 0.29) is 5.75 Å². The number of phenolic OH excluding ortho intramolecular Hbond substituents is 1. The third-order valence-electron chi connectivity index (χ3n) is 5.27. The van der Waals surface area contributed by atoms with Crippen molar-refractivity contribution in [3.8, 4) is 22.6 Å². The Bertz CT molecular complexity index is 775. The minimum absolute atomic E-state index is 0.207. The fourth-order valence-electron chi connectivity index (χ4n) is 3.99. The van der Waals surface area contributed by atoms with E-state index >= 15 is 0 Å². The fraction of sp³-hybridized carbons (Fsp3) is 0.429. The lowest BCUT2D eigenvalue weighted by Crippen LogP contribution is -2.38. The Balaban J connectivity index is 1.59. The second-order valence-electron chi connectivity index (χ2n) is 7.29. The SMILES string of the molecule is Oc1cc(-c2cccc(Cl)c2)cc2c1OCCN(C[C@@H]1CCCNC1)C2. The Labute approximate surface area is 159 Å². The van der Waals surface area contributed by atoms with Crippen molar-refractivity contribution in [1.82, 2.24) is 10.2 Å². The normalized spacial score (nSPS) is 20.9. The van der Waals surface area contributed by atoms with Gasteiger partial charge in [0.05, 0.1) is 0 Å². The summed E-state index contributed by atoms with van der Waals surface area (Å²) in [6.07, 6.45) is 2.54. The first-order valence-electron chi connectivity index (χ1n) is 9.37. The second-order valence-corrected chi connectivity index (χ2v) is 7.73. The molecule has 2 aromatic rings. The minimum Gasteiger partial charge on any atom is -0.504 e. The van der Waals surface area contributed by atoms with Gasteiger partial charge in [-0.3, -0.25) is 4.90 Å². The molecule has 5 heteroatoms. The number of phenols is 1. The van der Waals surface area contributed by atoms with Gasteiger partial charge < -0.3 is 15.2 Å². The summed E-state index contributed by atoms with van der Waals surface area (Å²) >= 11 is 6.13. The number of ether oxygens (including phenoxy) is 1. The number of fused-ring (bicyclic) bond motifs is 1. The van der Waals surface area contributed by atoms with E-state index in [9.17, 15) is 5.11 Å². The quantitative estimate of drug-likeness (QED) is 0.857. The molecule has 138 valence electrons. The summed E-state index contributed by atoms with van der Waals surface area (Å²) in [4.78, 5) is 2.45. The first-order chi connectivity index (χ1) is 12.7. The van der Waals surface area contributed by atoms with Gasteiger partial charge in [-0.25, -0.2) is 0 Å². The third kappa shape index (κ3) is 3.98. The van der Waals surface area contributed by atoms with Crippen molar-refractivity contribution in [1.29, 1.82) is 0 Å². The molecule has 0 saturated carbocycles. The fourth-order valence-corrected chi connectivity index (χ4v) is 4.18. The van der Waals surface area contributed by atoms with Crippen LogP contribution in [-0.2, 0) is 6.54 Å². The van der Waals surface area contributed by atoms with Gasteiger partial charge >= 0.3 is 0 Å². The molecule has 2 N–H and O–H groups in total. The van der Waals surface area contributed by atoms with Gasteiger partial charge in [0.2, 0.25) is 0 Å². The van der Waals surface area contributed by atoms with Crippen LogP contribution >= 0.6 is 11.6 Å². The number of aromatic hydroxyl groups is 1. The number of hydrogen-bond acceptors (Lipinski definition) is 4. The highest BCUT2D eigenvalue weighted by Gasteiger charge is 2.23. The average Bonchev–Trinajstić information content (AvgIpc) is 2.85. The van der Waals surface area contributed by atoms with Gasteiger partial charge in [-0.2, -0.15) is 0 Å². The first kappa shape index (κ1) is 17.7. The van der Waals surface area contributed by atoms with E-state index in [2.05, 4.69) is 16.3 Å². The Hall–Kier alpha value is -1.75. The zero-order valence-corrected chi connectivity index (χ0v) is 15.6. The molecule has 2 aliphatic rings. The van der Waals surface area contributed by atoms with Crippen molar-refractivity contribution in [2.45, 2.75) is 19.4 Å². The van der Waals surface area contributed by atoms with Crippen LogP contribution in [0.25, 0.3) is 11.1 Å². The minimum atomic E-state index is 0.207. The lowest BCUT2D eigenvalue weighted by molar-refractivity contribution is 0.182. The van der Waals surface area contributed by atoms with Crippen LogP contribution in [0.4, 0.5) is 0 Å². The van der Waals surface area contributed by atoms with Gasteiger partial charge in [-0.1, -0.05) is 23.7 Å². The summed E-state index contributed by atoms with van der Waals surface area (Å²) in [6, 6.07) is 11.6. The van der Waals surface area contributed by atoms with E-state index in [0.29, 0.717) is 23.3 Å². The molecule has 0 aliphatic carbocycles. The zero-order valence-electron chi connectivity index (χ0n) is 14.9. The number of nitrogens with zero attached hydrogens (tertiary/aromatic N) is 1. The monoisotopic (exact) mass is 372 g/mol. The Morgan fingerprint density at radius 1 is 1.23 bits per heavy atom. The number of rotatable bonds is 3. The largest absolute Gasteiger partial charge is 0.504 e. The molecule has 26 heavy (non-hydrogen) atoms. The van der Waals surface area contributed by atoms with Crippen LogP contribution in [-0.4, -0.2) is 42.8 Å². The van der Waals surface area contributed by atoms with E-state index in [1.165, 1.54) is 12.8 Å². The first-order valence-corrected chi connectivity index (χ1v) is 9.74. The Kier molecular flexibility index (Phi) is 5.34. The summed E-state index contributed by atoms with van der Waals surface area (Å²) in [5, 5.41) is 14.7. The molecule has 0 spiro atoms. The molecule has 0 radical (unpaired) electrons. The summed E-state index contributed by atoms with van der Waals surface area (Å²) in [6.45, 7) is 5.59. The van der Waals surface area contributed by atoms with Crippen molar-refractivity contribution in [2.75, 3.05) is 32.8 Å². The molecular weight excluding hydrogens is 348 g/mol. The van der Waals surface area contributed by atoms with E-state index in [1.807, 2.05) is 24.3 Å². The molecule has 0 amide bonds. The van der Waals surface area contributed by atoms with E-state index in [4.69, 9.17) is 16.3 Å². The van der Waals surface area contributed by atoms with Crippen LogP contribution < -0.4 is 10.1 Å². The molecule has 0 unspecified atom stereocenters. The number of benzene rings is 2. The summed E-state index contributed by atoms with van der Waals surface area (Å²) < 4.78 is 5.88. The van der Waals surface area contributed by atoms with Gasteiger partial charge in [-0.05, 0) is 67.2 Å². The van der Waals surface area contributed by atoms with E-state index in [1.54, 1.807) is 6.07 Å². The van der Waals surface area contributed by atoms with E-state index in [0.717, 1.165) is 49.4 Å². The van der Waals surface area contributed by atoms with Crippen molar-refractivity contribution in [3.05, 3.63) is 47.0 Å². The lowest BCUT2D eigenvalue weighted by atomic mass is 9.98. The Morgan fingerprint density at radius 2 is 2.15 bits per heavy atom. The average molecular weight is 373 g/mol. The maximum absolute atomic E-state index is 10.5. The Morgan fingerprint density at radius 3 is 2.96 bits per heavy atom. The summed E-state index contributed by atoms with van der Waals surface area (Å²) in [5.41, 5.74) is 3.01. The van der Waals surface area contributed by atoms with Crippen molar-refractivity contribution < 1.29 is 9.84 Å². The predicted octanol–water partition coefficient (Wildman–Crippen LogP) is 3.91. The van der Waals surface area contributed by atoms with Gasteiger partial charge in [0, 0.05) is 30.2 Å². The number of piperidine rings is 1. The van der Waals surface area contributed by atoms with Crippen LogP contribution in [0.2, 0.25) is 5.02 Å². The topological polar surface area (TPSA) is 44.7 Å². The lowest BCUT2D eigenvalue weighted by Gasteiger charge is -2.29. The molecule has 0 bridgehead atoms. The molecule has 1 saturated heterocycles. The van der Waals surface area contributed by atoms with Crippen LogP contribution in [0.5, 0.6) is 11.5 Å². The van der Waals surface area contributed by atoms with Crippen LogP contribution in [0.1, 0.15) is 18.4 Å². The van der Waals surface area contributed by atoms with Gasteiger partial charge in [-0.15, -0.1) is 0 Å². The molecule has 2 aliphatic heterocycles. The molecular formula is C21H25ClN2O2. The van der Waals surface area contributed by atoms with Crippen molar-refractivity contribution in [3.63, 3.8) is 0 Å². The van der Waals surface area contributed by atoms with Crippen LogP contribution in [0.15, 0.2) is 36.4 Å². The van der Waals surface area contributed by atoms with E-state index < -0.39 is 0 Å². The molecule has 2 aromatic carbocycles. The predicted molar refractivity (Wildman–Crippen MR) is 105 cm³/mol. The standard InChI is InChI=1S/C21H25ClN2O2/c22-19-5-1-4-16(10-19)17-9-18-14-24(13-15-3-2-6-23-12-15)7-8-26-21(18)20(25)11-17/h1,4-5,9-11,15,23,25H,2-3,6-8,12-14H2/t15-/m1/s1. The highest BCUT2D eigenvalue weighted by atomic mass is 35.5. The molecule has 4 nitrogen and oxygen atoms in total. The number of hydrogen-bond donors (Lipinski definition) is 2. The van der Waals surface area contributed by atoms with Gasteiger partial charge in [0.1, 0.15) is 6.61 Å². The molecule has 2 heterocycles. The van der Waals surface area contributed by atoms with Crippen molar-refractivity contribution >= 4 is 11.6 Å². The zero-order chi connectivity index (χ0) is 17.9. The van der Waals surface area contributed by atoms with Gasteiger partial charge in [0.25, 0.3) is 0 Å². The summed E-state index contributed by atoms with van der Waals surface area (Å²) in [5.74, 6) is 1.52. The highest BCUT2D eigenvalue weighted by Crippen LogP contribution is 2.38.